The normalized spacial score (nSPS) is 17.4. The second-order valence-corrected chi connectivity index (χ2v) is 6.19. The van der Waals surface area contributed by atoms with Crippen molar-refractivity contribution in [2.24, 2.45) is 0 Å². The molecule has 1 atom stereocenters. The van der Waals surface area contributed by atoms with Gasteiger partial charge < -0.3 is 5.73 Å². The van der Waals surface area contributed by atoms with E-state index >= 15 is 0 Å². The van der Waals surface area contributed by atoms with Crippen LogP contribution in [0.15, 0.2) is 30.5 Å². The van der Waals surface area contributed by atoms with Crippen molar-refractivity contribution in [3.05, 3.63) is 46.7 Å². The summed E-state index contributed by atoms with van der Waals surface area (Å²) >= 11 is 1.46. The predicted octanol–water partition coefficient (Wildman–Crippen LogP) is 3.55. The minimum atomic E-state index is 0. The highest BCUT2D eigenvalue weighted by Gasteiger charge is 2.13. The first-order valence-electron chi connectivity index (χ1n) is 6.99. The molecule has 2 aromatic heterocycles. The summed E-state index contributed by atoms with van der Waals surface area (Å²) in [5.41, 5.74) is 8.14. The maximum absolute atomic E-state index is 5.59. The maximum atomic E-state index is 5.59. The number of hydrogen-bond acceptors (Lipinski definition) is 5. The molecule has 1 aliphatic rings. The van der Waals surface area contributed by atoms with E-state index in [4.69, 9.17) is 5.73 Å². The van der Waals surface area contributed by atoms with Gasteiger partial charge >= 0.3 is 0 Å². The molecule has 0 spiro atoms. The molecule has 0 fully saturated rings. The summed E-state index contributed by atoms with van der Waals surface area (Å²) in [5.74, 6) is 0.652. The van der Waals surface area contributed by atoms with Gasteiger partial charge in [-0.3, -0.25) is 4.98 Å². The molecule has 1 unspecified atom stereocenters. The number of hydrogen-bond donors (Lipinski definition) is 1. The Morgan fingerprint density at radius 1 is 1.24 bits per heavy atom. The molecule has 112 valence electrons. The van der Waals surface area contributed by atoms with Crippen molar-refractivity contribution in [3.8, 4) is 0 Å². The van der Waals surface area contributed by atoms with Crippen LogP contribution in [0.4, 0.5) is 5.13 Å². The van der Waals surface area contributed by atoms with Crippen LogP contribution in [0.1, 0.15) is 41.4 Å². The zero-order valence-electron chi connectivity index (χ0n) is 11.7. The SMILES string of the molecule is Cl.Nc1nnc(CCc2cc(C3CC=CCC3)ccn2)s1. The summed E-state index contributed by atoms with van der Waals surface area (Å²) < 4.78 is 0. The van der Waals surface area contributed by atoms with Crippen LogP contribution in [0.5, 0.6) is 0 Å². The topological polar surface area (TPSA) is 64.7 Å². The first kappa shape index (κ1) is 15.9. The van der Waals surface area contributed by atoms with Gasteiger partial charge in [-0.1, -0.05) is 23.5 Å². The molecule has 1 aliphatic carbocycles. The highest BCUT2D eigenvalue weighted by molar-refractivity contribution is 7.15. The number of aromatic nitrogens is 3. The number of rotatable bonds is 4. The van der Waals surface area contributed by atoms with Gasteiger partial charge in [0.2, 0.25) is 5.13 Å². The molecule has 0 radical (unpaired) electrons. The molecule has 6 heteroatoms. The zero-order chi connectivity index (χ0) is 13.8. The third-order valence-corrected chi connectivity index (χ3v) is 4.47. The van der Waals surface area contributed by atoms with Gasteiger partial charge in [-0.05, 0) is 49.3 Å². The Morgan fingerprint density at radius 3 is 2.86 bits per heavy atom. The number of allylic oxidation sites excluding steroid dienone is 2. The van der Waals surface area contributed by atoms with Crippen LogP contribution in [-0.4, -0.2) is 15.2 Å². The molecule has 2 heterocycles. The average molecular weight is 323 g/mol. The number of aryl methyl sites for hydroxylation is 2. The van der Waals surface area contributed by atoms with Crippen molar-refractivity contribution in [1.82, 2.24) is 15.2 Å². The Morgan fingerprint density at radius 2 is 2.14 bits per heavy atom. The van der Waals surface area contributed by atoms with E-state index in [9.17, 15) is 0 Å². The Kier molecular flexibility index (Phi) is 5.70. The molecule has 0 aliphatic heterocycles. The van der Waals surface area contributed by atoms with Crippen LogP contribution in [0, 0.1) is 0 Å². The van der Waals surface area contributed by atoms with Crippen LogP contribution >= 0.6 is 23.7 Å². The Labute approximate surface area is 134 Å². The number of nitrogens with two attached hydrogens (primary N) is 1. The van der Waals surface area contributed by atoms with E-state index in [-0.39, 0.29) is 12.4 Å². The lowest BCUT2D eigenvalue weighted by Gasteiger charge is -2.18. The Balaban J connectivity index is 0.00000161. The molecule has 0 saturated heterocycles. The average Bonchev–Trinajstić information content (AvgIpc) is 2.92. The standard InChI is InChI=1S/C15H18N4S.ClH/c16-15-19-18-14(20-15)7-6-13-10-12(8-9-17-13)11-4-2-1-3-5-11;/h1-2,8-11H,3-7H2,(H2,16,19);1H. The van der Waals surface area contributed by atoms with Crippen LogP contribution in [0.3, 0.4) is 0 Å². The van der Waals surface area contributed by atoms with E-state index in [2.05, 4.69) is 39.5 Å². The smallest absolute Gasteiger partial charge is 0.203 e. The number of pyridine rings is 1. The van der Waals surface area contributed by atoms with E-state index in [0.29, 0.717) is 11.0 Å². The molecule has 0 saturated carbocycles. The maximum Gasteiger partial charge on any atom is 0.203 e. The van der Waals surface area contributed by atoms with Gasteiger partial charge in [0.15, 0.2) is 0 Å². The molecule has 3 rings (SSSR count). The van der Waals surface area contributed by atoms with E-state index < -0.39 is 0 Å². The van der Waals surface area contributed by atoms with Crippen molar-refractivity contribution in [3.63, 3.8) is 0 Å². The number of halogens is 1. The van der Waals surface area contributed by atoms with Crippen LogP contribution in [0.2, 0.25) is 0 Å². The molecular weight excluding hydrogens is 304 g/mol. The lowest BCUT2D eigenvalue weighted by Crippen LogP contribution is -2.03. The monoisotopic (exact) mass is 322 g/mol. The highest BCUT2D eigenvalue weighted by Crippen LogP contribution is 2.29. The molecule has 0 bridgehead atoms. The second-order valence-electron chi connectivity index (χ2n) is 5.10. The first-order chi connectivity index (χ1) is 9.81. The molecule has 2 aromatic rings. The molecule has 0 amide bonds. The fourth-order valence-corrected chi connectivity index (χ4v) is 3.20. The summed E-state index contributed by atoms with van der Waals surface area (Å²) in [7, 11) is 0. The van der Waals surface area contributed by atoms with Gasteiger partial charge in [-0.15, -0.1) is 22.6 Å². The Bertz CT molecular complexity index is 611. The number of nitrogens with zero attached hydrogens (tertiary/aromatic N) is 3. The molecule has 0 aromatic carbocycles. The van der Waals surface area contributed by atoms with Crippen LogP contribution in [-0.2, 0) is 12.8 Å². The molecule has 4 nitrogen and oxygen atoms in total. The summed E-state index contributed by atoms with van der Waals surface area (Å²) in [6.45, 7) is 0. The van der Waals surface area contributed by atoms with E-state index in [1.165, 1.54) is 29.7 Å². The number of nitrogen functional groups attached to an aromatic ring is 1. The minimum absolute atomic E-state index is 0. The van der Waals surface area contributed by atoms with Gasteiger partial charge in [0.05, 0.1) is 0 Å². The fourth-order valence-electron chi connectivity index (χ4n) is 2.59. The van der Waals surface area contributed by atoms with Gasteiger partial charge in [-0.2, -0.15) is 0 Å². The van der Waals surface area contributed by atoms with E-state index in [1.807, 2.05) is 6.20 Å². The summed E-state index contributed by atoms with van der Waals surface area (Å²) in [5, 5.41) is 9.41. The summed E-state index contributed by atoms with van der Waals surface area (Å²) in [6, 6.07) is 4.39. The third kappa shape index (κ3) is 4.25. The van der Waals surface area contributed by atoms with Crippen molar-refractivity contribution >= 4 is 28.9 Å². The first-order valence-corrected chi connectivity index (χ1v) is 7.80. The largest absolute Gasteiger partial charge is 0.374 e. The summed E-state index contributed by atoms with van der Waals surface area (Å²) in [6.07, 6.45) is 11.8. The van der Waals surface area contributed by atoms with Gasteiger partial charge in [-0.25, -0.2) is 0 Å². The van der Waals surface area contributed by atoms with Gasteiger partial charge in [0.25, 0.3) is 0 Å². The quantitative estimate of drug-likeness (QED) is 0.874. The zero-order valence-corrected chi connectivity index (χ0v) is 13.4. The lowest BCUT2D eigenvalue weighted by molar-refractivity contribution is 0.615. The van der Waals surface area contributed by atoms with Crippen molar-refractivity contribution in [1.29, 1.82) is 0 Å². The van der Waals surface area contributed by atoms with E-state index in [1.54, 1.807) is 0 Å². The number of anilines is 1. The van der Waals surface area contributed by atoms with Gasteiger partial charge in [0, 0.05) is 18.3 Å². The van der Waals surface area contributed by atoms with Crippen molar-refractivity contribution in [2.45, 2.75) is 38.0 Å². The van der Waals surface area contributed by atoms with Crippen molar-refractivity contribution < 1.29 is 0 Å². The van der Waals surface area contributed by atoms with Crippen molar-refractivity contribution in [2.75, 3.05) is 5.73 Å². The second kappa shape index (κ2) is 7.52. The van der Waals surface area contributed by atoms with Gasteiger partial charge in [0.1, 0.15) is 5.01 Å². The fraction of sp³-hybridized carbons (Fsp3) is 0.400. The third-order valence-electron chi connectivity index (χ3n) is 3.66. The lowest BCUT2D eigenvalue weighted by atomic mass is 9.88. The Hall–Kier alpha value is -1.46. The van der Waals surface area contributed by atoms with Crippen LogP contribution in [0.25, 0.3) is 0 Å². The molecule has 2 N–H and O–H groups in total. The summed E-state index contributed by atoms with van der Waals surface area (Å²) in [4.78, 5) is 4.46. The minimum Gasteiger partial charge on any atom is -0.374 e. The highest BCUT2D eigenvalue weighted by atomic mass is 35.5. The molecule has 21 heavy (non-hydrogen) atoms. The van der Waals surface area contributed by atoms with E-state index in [0.717, 1.165) is 30.0 Å². The molecular formula is C15H19ClN4S. The predicted molar refractivity (Wildman–Crippen MR) is 88.9 cm³/mol. The van der Waals surface area contributed by atoms with Crippen LogP contribution < -0.4 is 5.73 Å².